The molecule has 0 nitrogen and oxygen atoms in total. The lowest BCUT2D eigenvalue weighted by atomic mass is 10.0. The first-order valence-corrected chi connectivity index (χ1v) is 4.69. The Hall–Kier alpha value is -1.70. The van der Waals surface area contributed by atoms with E-state index in [1.807, 2.05) is 30.3 Å². The van der Waals surface area contributed by atoms with E-state index in [9.17, 15) is 8.78 Å². The van der Waals surface area contributed by atoms with Crippen LogP contribution in [-0.2, 0) is 0 Å². The van der Waals surface area contributed by atoms with Gasteiger partial charge in [0.25, 0.3) is 0 Å². The lowest BCUT2D eigenvalue weighted by molar-refractivity contribution is 0.508. The van der Waals surface area contributed by atoms with Crippen LogP contribution in [0.15, 0.2) is 42.5 Å². The molecule has 0 N–H and O–H groups in total. The van der Waals surface area contributed by atoms with Crippen LogP contribution in [-0.4, -0.2) is 0 Å². The van der Waals surface area contributed by atoms with Gasteiger partial charge >= 0.3 is 0 Å². The summed E-state index contributed by atoms with van der Waals surface area (Å²) in [6, 6.07) is 11.8. The van der Waals surface area contributed by atoms with E-state index in [1.165, 1.54) is 12.1 Å². The minimum atomic E-state index is -0.806. The molecule has 0 aromatic heterocycles. The van der Waals surface area contributed by atoms with Gasteiger partial charge in [0.15, 0.2) is 11.6 Å². The number of hydrogen-bond donors (Lipinski definition) is 0. The van der Waals surface area contributed by atoms with E-state index >= 15 is 0 Å². The van der Waals surface area contributed by atoms with E-state index in [0.717, 1.165) is 16.7 Å². The highest BCUT2D eigenvalue weighted by molar-refractivity contribution is 5.67. The number of benzene rings is 2. The molecule has 0 atom stereocenters. The molecular weight excluding hydrogens is 194 g/mol. The van der Waals surface area contributed by atoms with Crippen LogP contribution < -0.4 is 0 Å². The highest BCUT2D eigenvalue weighted by atomic mass is 19.2. The zero-order valence-electron chi connectivity index (χ0n) is 8.30. The van der Waals surface area contributed by atoms with E-state index < -0.39 is 11.6 Å². The van der Waals surface area contributed by atoms with Crippen molar-refractivity contribution in [1.29, 1.82) is 0 Å². The number of aryl methyl sites for hydroxylation is 1. The van der Waals surface area contributed by atoms with Gasteiger partial charge in [-0.1, -0.05) is 30.3 Å². The first-order chi connectivity index (χ1) is 7.18. The molecule has 2 rings (SSSR count). The van der Waals surface area contributed by atoms with Crippen molar-refractivity contribution in [3.63, 3.8) is 0 Å². The molecule has 0 heterocycles. The molecule has 76 valence electrons. The normalized spacial score (nSPS) is 10.3. The van der Waals surface area contributed by atoms with Crippen LogP contribution in [0.1, 0.15) is 5.56 Å². The Kier molecular flexibility index (Phi) is 2.50. The minimum Gasteiger partial charge on any atom is -0.204 e. The van der Waals surface area contributed by atoms with Crippen molar-refractivity contribution in [2.24, 2.45) is 0 Å². The van der Waals surface area contributed by atoms with Gasteiger partial charge in [0, 0.05) is 0 Å². The lowest BCUT2D eigenvalue weighted by Gasteiger charge is -2.06. The van der Waals surface area contributed by atoms with Gasteiger partial charge in [0.2, 0.25) is 0 Å². The average molecular weight is 204 g/mol. The summed E-state index contributed by atoms with van der Waals surface area (Å²) in [5.74, 6) is -1.60. The molecular formula is C13H10F2. The fraction of sp³-hybridized carbons (Fsp3) is 0.0769. The lowest BCUT2D eigenvalue weighted by Crippen LogP contribution is -1.89. The Morgan fingerprint density at radius 1 is 0.867 bits per heavy atom. The summed E-state index contributed by atoms with van der Waals surface area (Å²) in [4.78, 5) is 0. The molecule has 0 saturated heterocycles. The third kappa shape index (κ3) is 1.89. The second-order valence-electron chi connectivity index (χ2n) is 3.45. The van der Waals surface area contributed by atoms with Gasteiger partial charge in [-0.3, -0.25) is 0 Å². The van der Waals surface area contributed by atoms with Crippen LogP contribution in [0.4, 0.5) is 8.78 Å². The highest BCUT2D eigenvalue weighted by Crippen LogP contribution is 2.25. The second kappa shape index (κ2) is 3.81. The summed E-state index contributed by atoms with van der Waals surface area (Å²) in [6.07, 6.45) is 0. The molecule has 15 heavy (non-hydrogen) atoms. The largest absolute Gasteiger partial charge is 0.204 e. The molecule has 2 heteroatoms. The topological polar surface area (TPSA) is 0 Å². The summed E-state index contributed by atoms with van der Waals surface area (Å²) < 4.78 is 26.0. The van der Waals surface area contributed by atoms with Gasteiger partial charge in [0.05, 0.1) is 0 Å². The van der Waals surface area contributed by atoms with Gasteiger partial charge in [-0.25, -0.2) is 8.78 Å². The monoisotopic (exact) mass is 204 g/mol. The maximum atomic E-state index is 13.1. The SMILES string of the molecule is Cc1cc(F)c(F)cc1-c1ccccc1. The fourth-order valence-corrected chi connectivity index (χ4v) is 1.57. The van der Waals surface area contributed by atoms with E-state index in [2.05, 4.69) is 0 Å². The van der Waals surface area contributed by atoms with Gasteiger partial charge in [-0.05, 0) is 35.7 Å². The first-order valence-electron chi connectivity index (χ1n) is 4.69. The predicted octanol–water partition coefficient (Wildman–Crippen LogP) is 3.94. The zero-order chi connectivity index (χ0) is 10.8. The maximum absolute atomic E-state index is 13.1. The number of halogens is 2. The zero-order valence-corrected chi connectivity index (χ0v) is 8.30. The van der Waals surface area contributed by atoms with Crippen LogP contribution in [0.2, 0.25) is 0 Å². The third-order valence-corrected chi connectivity index (χ3v) is 2.35. The van der Waals surface area contributed by atoms with Crippen molar-refractivity contribution in [2.45, 2.75) is 6.92 Å². The average Bonchev–Trinajstić information content (AvgIpc) is 2.25. The summed E-state index contributed by atoms with van der Waals surface area (Å²) >= 11 is 0. The molecule has 2 aromatic carbocycles. The number of hydrogen-bond acceptors (Lipinski definition) is 0. The van der Waals surface area contributed by atoms with Crippen molar-refractivity contribution in [3.8, 4) is 11.1 Å². The van der Waals surface area contributed by atoms with Crippen molar-refractivity contribution in [1.82, 2.24) is 0 Å². The Balaban J connectivity index is 2.59. The molecule has 0 unspecified atom stereocenters. The van der Waals surface area contributed by atoms with Gasteiger partial charge in [-0.2, -0.15) is 0 Å². The van der Waals surface area contributed by atoms with E-state index in [4.69, 9.17) is 0 Å². The van der Waals surface area contributed by atoms with Gasteiger partial charge < -0.3 is 0 Å². The third-order valence-electron chi connectivity index (χ3n) is 2.35. The van der Waals surface area contributed by atoms with Crippen molar-refractivity contribution >= 4 is 0 Å². The standard InChI is InChI=1S/C13H10F2/c1-9-7-12(14)13(15)8-11(9)10-5-3-2-4-6-10/h2-8H,1H3. The Morgan fingerprint density at radius 2 is 1.47 bits per heavy atom. The van der Waals surface area contributed by atoms with Crippen LogP contribution in [0, 0.1) is 18.6 Å². The van der Waals surface area contributed by atoms with E-state index in [-0.39, 0.29) is 0 Å². The number of rotatable bonds is 1. The Bertz CT molecular complexity index is 475. The molecule has 0 aliphatic rings. The Labute approximate surface area is 87.2 Å². The van der Waals surface area contributed by atoms with Crippen LogP contribution in [0.5, 0.6) is 0 Å². The van der Waals surface area contributed by atoms with Crippen molar-refractivity contribution < 1.29 is 8.78 Å². The molecule has 0 radical (unpaired) electrons. The molecule has 0 aliphatic carbocycles. The fourth-order valence-electron chi connectivity index (χ4n) is 1.57. The van der Waals surface area contributed by atoms with Gasteiger partial charge in [0.1, 0.15) is 0 Å². The molecule has 0 saturated carbocycles. The maximum Gasteiger partial charge on any atom is 0.159 e. The van der Waals surface area contributed by atoms with Crippen LogP contribution >= 0.6 is 0 Å². The van der Waals surface area contributed by atoms with Crippen molar-refractivity contribution in [3.05, 3.63) is 59.7 Å². The Morgan fingerprint density at radius 3 is 2.13 bits per heavy atom. The van der Waals surface area contributed by atoms with Gasteiger partial charge in [-0.15, -0.1) is 0 Å². The molecule has 0 spiro atoms. The van der Waals surface area contributed by atoms with Crippen LogP contribution in [0.25, 0.3) is 11.1 Å². The minimum absolute atomic E-state index is 0.731. The summed E-state index contributed by atoms with van der Waals surface area (Å²) in [6.45, 7) is 1.77. The summed E-state index contributed by atoms with van der Waals surface area (Å²) in [5, 5.41) is 0. The quantitative estimate of drug-likeness (QED) is 0.660. The first kappa shape index (κ1) is 9.84. The van der Waals surface area contributed by atoms with E-state index in [0.29, 0.717) is 0 Å². The van der Waals surface area contributed by atoms with Crippen LogP contribution in [0.3, 0.4) is 0 Å². The molecule has 2 aromatic rings. The molecule has 0 amide bonds. The molecule has 0 aliphatic heterocycles. The smallest absolute Gasteiger partial charge is 0.159 e. The van der Waals surface area contributed by atoms with Crippen molar-refractivity contribution in [2.75, 3.05) is 0 Å². The van der Waals surface area contributed by atoms with E-state index in [1.54, 1.807) is 6.92 Å². The molecule has 0 bridgehead atoms. The molecule has 0 fully saturated rings. The summed E-state index contributed by atoms with van der Waals surface area (Å²) in [7, 11) is 0. The highest BCUT2D eigenvalue weighted by Gasteiger charge is 2.07. The second-order valence-corrected chi connectivity index (χ2v) is 3.45. The predicted molar refractivity (Wildman–Crippen MR) is 56.5 cm³/mol. The summed E-state index contributed by atoms with van der Waals surface area (Å²) in [5.41, 5.74) is 2.36.